The van der Waals surface area contributed by atoms with E-state index in [0.29, 0.717) is 18.8 Å². The number of fused-ring (bicyclic) bond motifs is 1. The summed E-state index contributed by atoms with van der Waals surface area (Å²) < 4.78 is 11.2. The van der Waals surface area contributed by atoms with Crippen LogP contribution in [0.2, 0.25) is 0 Å². The summed E-state index contributed by atoms with van der Waals surface area (Å²) in [5.74, 6) is 1.30. The summed E-state index contributed by atoms with van der Waals surface area (Å²) in [5, 5.41) is 0. The van der Waals surface area contributed by atoms with Gasteiger partial charge in [0.1, 0.15) is 11.5 Å². The Morgan fingerprint density at radius 2 is 1.81 bits per heavy atom. The number of rotatable bonds is 4. The lowest BCUT2D eigenvalue weighted by atomic mass is 10.1. The lowest BCUT2D eigenvalue weighted by molar-refractivity contribution is -0.138. The van der Waals surface area contributed by atoms with Crippen LogP contribution in [0.1, 0.15) is 18.9 Å². The van der Waals surface area contributed by atoms with E-state index in [1.807, 2.05) is 41.3 Å². The molecule has 164 valence electrons. The van der Waals surface area contributed by atoms with Crippen LogP contribution in [0.5, 0.6) is 11.5 Å². The summed E-state index contributed by atoms with van der Waals surface area (Å²) in [6, 6.07) is 15.5. The molecule has 4 rings (SSSR count). The first-order valence-electron chi connectivity index (χ1n) is 10.7. The number of methoxy groups -OCH3 is 1. The third-order valence-electron chi connectivity index (χ3n) is 5.89. The van der Waals surface area contributed by atoms with E-state index in [4.69, 9.17) is 9.47 Å². The molecule has 0 radical (unpaired) electrons. The molecule has 2 aliphatic rings. The Balaban J connectivity index is 1.39. The average molecular weight is 424 g/mol. The Bertz CT molecular complexity index is 931. The standard InChI is InChI=1S/C24H29N3O4/c1-18(28)27-17-23(31-22-7-4-3-6-21(22)27)24(29)26-13-5-12-25(14-15-26)16-19-8-10-20(30-2)11-9-19/h3-4,6-11,23H,5,12-17H2,1-2H3. The summed E-state index contributed by atoms with van der Waals surface area (Å²) in [6.07, 6.45) is 0.230. The molecule has 0 aromatic heterocycles. The summed E-state index contributed by atoms with van der Waals surface area (Å²) in [4.78, 5) is 31.3. The van der Waals surface area contributed by atoms with Gasteiger partial charge in [-0.2, -0.15) is 0 Å². The van der Waals surface area contributed by atoms with Crippen LogP contribution in [-0.2, 0) is 16.1 Å². The van der Waals surface area contributed by atoms with E-state index < -0.39 is 6.10 Å². The summed E-state index contributed by atoms with van der Waals surface area (Å²) in [6.45, 7) is 5.69. The molecule has 1 unspecified atom stereocenters. The quantitative estimate of drug-likeness (QED) is 0.756. The van der Waals surface area contributed by atoms with Crippen molar-refractivity contribution in [1.82, 2.24) is 9.80 Å². The first-order valence-corrected chi connectivity index (χ1v) is 10.7. The predicted molar refractivity (Wildman–Crippen MR) is 118 cm³/mol. The number of amides is 2. The van der Waals surface area contributed by atoms with Crippen LogP contribution in [0.3, 0.4) is 0 Å². The fourth-order valence-electron chi connectivity index (χ4n) is 4.20. The van der Waals surface area contributed by atoms with E-state index in [0.717, 1.165) is 37.5 Å². The minimum absolute atomic E-state index is 0.0490. The van der Waals surface area contributed by atoms with Crippen molar-refractivity contribution in [2.45, 2.75) is 26.0 Å². The molecule has 1 saturated heterocycles. The number of ether oxygens (including phenoxy) is 2. The molecule has 2 aromatic carbocycles. The maximum atomic E-state index is 13.2. The van der Waals surface area contributed by atoms with Gasteiger partial charge in [-0.1, -0.05) is 24.3 Å². The van der Waals surface area contributed by atoms with Crippen molar-refractivity contribution < 1.29 is 19.1 Å². The predicted octanol–water partition coefficient (Wildman–Crippen LogP) is 2.54. The molecular formula is C24H29N3O4. The van der Waals surface area contributed by atoms with Crippen LogP contribution < -0.4 is 14.4 Å². The summed E-state index contributed by atoms with van der Waals surface area (Å²) >= 11 is 0. The largest absolute Gasteiger partial charge is 0.497 e. The molecule has 0 bridgehead atoms. The first-order chi connectivity index (χ1) is 15.0. The minimum Gasteiger partial charge on any atom is -0.497 e. The maximum Gasteiger partial charge on any atom is 0.265 e. The highest BCUT2D eigenvalue weighted by Gasteiger charge is 2.35. The monoisotopic (exact) mass is 423 g/mol. The third-order valence-corrected chi connectivity index (χ3v) is 5.89. The molecule has 31 heavy (non-hydrogen) atoms. The summed E-state index contributed by atoms with van der Waals surface area (Å²) in [7, 11) is 1.67. The van der Waals surface area contributed by atoms with Crippen LogP contribution in [0, 0.1) is 0 Å². The normalized spacial score (nSPS) is 19.2. The van der Waals surface area contributed by atoms with Gasteiger partial charge in [0.15, 0.2) is 6.10 Å². The maximum absolute atomic E-state index is 13.2. The van der Waals surface area contributed by atoms with Gasteiger partial charge in [0.2, 0.25) is 5.91 Å². The molecule has 7 nitrogen and oxygen atoms in total. The molecule has 2 aliphatic heterocycles. The molecule has 2 heterocycles. The number of anilines is 1. The molecule has 0 saturated carbocycles. The van der Waals surface area contributed by atoms with Gasteiger partial charge in [0, 0.05) is 39.6 Å². The number of carbonyl (C=O) groups is 2. The van der Waals surface area contributed by atoms with Gasteiger partial charge in [0.25, 0.3) is 5.91 Å². The zero-order chi connectivity index (χ0) is 21.8. The molecule has 1 atom stereocenters. The van der Waals surface area contributed by atoms with Crippen molar-refractivity contribution in [2.24, 2.45) is 0 Å². The third kappa shape index (κ3) is 4.82. The van der Waals surface area contributed by atoms with E-state index >= 15 is 0 Å². The number of hydrogen-bond donors (Lipinski definition) is 0. The van der Waals surface area contributed by atoms with Crippen molar-refractivity contribution >= 4 is 17.5 Å². The fraction of sp³-hybridized carbons (Fsp3) is 0.417. The van der Waals surface area contributed by atoms with Crippen LogP contribution in [0.4, 0.5) is 5.69 Å². The molecule has 1 fully saturated rings. The van der Waals surface area contributed by atoms with Gasteiger partial charge < -0.3 is 19.3 Å². The molecule has 2 amide bonds. The molecular weight excluding hydrogens is 394 g/mol. The number of nitrogens with zero attached hydrogens (tertiary/aromatic N) is 3. The number of carbonyl (C=O) groups excluding carboxylic acids is 2. The topological polar surface area (TPSA) is 62.3 Å². The van der Waals surface area contributed by atoms with Crippen molar-refractivity contribution in [3.63, 3.8) is 0 Å². The highest BCUT2D eigenvalue weighted by atomic mass is 16.5. The van der Waals surface area contributed by atoms with Gasteiger partial charge in [-0.3, -0.25) is 14.5 Å². The number of para-hydroxylation sites is 2. The van der Waals surface area contributed by atoms with Gasteiger partial charge in [0.05, 0.1) is 19.3 Å². The van der Waals surface area contributed by atoms with Crippen LogP contribution in [0.25, 0.3) is 0 Å². The highest BCUT2D eigenvalue weighted by molar-refractivity contribution is 5.95. The van der Waals surface area contributed by atoms with Gasteiger partial charge in [-0.05, 0) is 36.2 Å². The summed E-state index contributed by atoms with van der Waals surface area (Å²) in [5.41, 5.74) is 1.95. The Morgan fingerprint density at radius 3 is 2.55 bits per heavy atom. The van der Waals surface area contributed by atoms with Crippen molar-refractivity contribution in [2.75, 3.05) is 44.7 Å². The van der Waals surface area contributed by atoms with Gasteiger partial charge >= 0.3 is 0 Å². The second-order valence-electron chi connectivity index (χ2n) is 8.01. The van der Waals surface area contributed by atoms with Crippen molar-refractivity contribution in [1.29, 1.82) is 0 Å². The van der Waals surface area contributed by atoms with E-state index in [2.05, 4.69) is 17.0 Å². The minimum atomic E-state index is -0.674. The fourth-order valence-corrected chi connectivity index (χ4v) is 4.20. The Hall–Kier alpha value is -3.06. The molecule has 0 spiro atoms. The van der Waals surface area contributed by atoms with Crippen molar-refractivity contribution in [3.8, 4) is 11.5 Å². The zero-order valence-corrected chi connectivity index (χ0v) is 18.1. The van der Waals surface area contributed by atoms with E-state index in [-0.39, 0.29) is 18.4 Å². The van der Waals surface area contributed by atoms with E-state index in [9.17, 15) is 9.59 Å². The van der Waals surface area contributed by atoms with Crippen LogP contribution >= 0.6 is 0 Å². The molecule has 0 N–H and O–H groups in total. The first kappa shape index (κ1) is 21.2. The molecule has 7 heteroatoms. The van der Waals surface area contributed by atoms with Crippen molar-refractivity contribution in [3.05, 3.63) is 54.1 Å². The van der Waals surface area contributed by atoms with Crippen LogP contribution in [0.15, 0.2) is 48.5 Å². The number of hydrogen-bond acceptors (Lipinski definition) is 5. The van der Waals surface area contributed by atoms with Gasteiger partial charge in [-0.15, -0.1) is 0 Å². The SMILES string of the molecule is COc1ccc(CN2CCCN(C(=O)C3CN(C(C)=O)c4ccccc4O3)CC2)cc1. The molecule has 0 aliphatic carbocycles. The zero-order valence-electron chi connectivity index (χ0n) is 18.1. The lowest BCUT2D eigenvalue weighted by Gasteiger charge is -2.35. The number of benzene rings is 2. The Labute approximate surface area is 183 Å². The Morgan fingerprint density at radius 1 is 1.03 bits per heavy atom. The van der Waals surface area contributed by atoms with E-state index in [1.54, 1.807) is 12.0 Å². The smallest absolute Gasteiger partial charge is 0.265 e. The van der Waals surface area contributed by atoms with E-state index in [1.165, 1.54) is 12.5 Å². The highest BCUT2D eigenvalue weighted by Crippen LogP contribution is 2.33. The second kappa shape index (κ2) is 9.39. The second-order valence-corrected chi connectivity index (χ2v) is 8.01. The van der Waals surface area contributed by atoms with Crippen LogP contribution in [-0.4, -0.2) is 67.6 Å². The average Bonchev–Trinajstić information content (AvgIpc) is 3.03. The Kier molecular flexibility index (Phi) is 6.42. The van der Waals surface area contributed by atoms with Gasteiger partial charge in [-0.25, -0.2) is 0 Å². The lowest BCUT2D eigenvalue weighted by Crippen LogP contribution is -2.52. The molecule has 2 aromatic rings.